The van der Waals surface area contributed by atoms with Gasteiger partial charge in [0.2, 0.25) is 0 Å². The molecule has 3 rings (SSSR count). The van der Waals surface area contributed by atoms with Crippen LogP contribution >= 0.6 is 0 Å². The fourth-order valence-corrected chi connectivity index (χ4v) is 2.55. The van der Waals surface area contributed by atoms with Gasteiger partial charge in [-0.15, -0.1) is 0 Å². The summed E-state index contributed by atoms with van der Waals surface area (Å²) in [6, 6.07) is 10.9. The molecule has 0 saturated carbocycles. The minimum atomic E-state index is -0.374. The summed E-state index contributed by atoms with van der Waals surface area (Å²) in [5, 5.41) is 0. The van der Waals surface area contributed by atoms with Gasteiger partial charge >= 0.3 is 0 Å². The summed E-state index contributed by atoms with van der Waals surface area (Å²) in [6.45, 7) is 0. The summed E-state index contributed by atoms with van der Waals surface area (Å²) >= 11 is 0. The molecule has 0 aliphatic heterocycles. The highest BCUT2D eigenvalue weighted by Crippen LogP contribution is 2.34. The van der Waals surface area contributed by atoms with Crippen LogP contribution in [0.25, 0.3) is 11.1 Å². The number of carbonyl (C=O) groups excluding carboxylic acids is 1. The zero-order valence-electron chi connectivity index (χ0n) is 13.3. The van der Waals surface area contributed by atoms with Crippen LogP contribution in [0.3, 0.4) is 0 Å². The van der Waals surface area contributed by atoms with Crippen molar-refractivity contribution in [1.29, 1.82) is 0 Å². The Bertz CT molecular complexity index is 869. The van der Waals surface area contributed by atoms with Gasteiger partial charge in [0.05, 0.1) is 14.2 Å². The average molecular weight is 325 g/mol. The number of aromatic amines is 1. The molecule has 1 N–H and O–H groups in total. The van der Waals surface area contributed by atoms with Crippen LogP contribution in [-0.4, -0.2) is 25.0 Å². The van der Waals surface area contributed by atoms with Crippen molar-refractivity contribution in [3.05, 3.63) is 71.8 Å². The Morgan fingerprint density at radius 3 is 2.33 bits per heavy atom. The molecular weight excluding hydrogens is 309 g/mol. The summed E-state index contributed by atoms with van der Waals surface area (Å²) in [5.74, 6) is 0.640. The number of hydrogen-bond donors (Lipinski definition) is 1. The molecule has 2 aromatic carbocycles. The second-order valence-corrected chi connectivity index (χ2v) is 5.19. The van der Waals surface area contributed by atoms with E-state index < -0.39 is 0 Å². The molecule has 0 aliphatic carbocycles. The van der Waals surface area contributed by atoms with E-state index in [1.165, 1.54) is 24.3 Å². The van der Waals surface area contributed by atoms with Gasteiger partial charge in [-0.05, 0) is 42.0 Å². The van der Waals surface area contributed by atoms with E-state index in [1.54, 1.807) is 32.7 Å². The number of carbonyl (C=O) groups is 1. The van der Waals surface area contributed by atoms with E-state index in [1.807, 2.05) is 12.1 Å². The molecule has 0 unspecified atom stereocenters. The number of methoxy groups -OCH3 is 2. The van der Waals surface area contributed by atoms with Crippen molar-refractivity contribution in [3.63, 3.8) is 0 Å². The van der Waals surface area contributed by atoms with Gasteiger partial charge in [-0.1, -0.05) is 6.07 Å². The first-order valence-electron chi connectivity index (χ1n) is 7.33. The van der Waals surface area contributed by atoms with Crippen molar-refractivity contribution in [2.24, 2.45) is 0 Å². The second-order valence-electron chi connectivity index (χ2n) is 5.19. The van der Waals surface area contributed by atoms with E-state index in [9.17, 15) is 9.18 Å². The van der Waals surface area contributed by atoms with Crippen LogP contribution in [0.2, 0.25) is 0 Å². The molecule has 0 spiro atoms. The summed E-state index contributed by atoms with van der Waals surface area (Å²) in [5.41, 5.74) is 2.50. The number of aromatic nitrogens is 1. The van der Waals surface area contributed by atoms with Crippen LogP contribution in [0.5, 0.6) is 11.5 Å². The fraction of sp³-hybridized carbons (Fsp3) is 0.105. The lowest BCUT2D eigenvalue weighted by atomic mass is 9.98. The van der Waals surface area contributed by atoms with Gasteiger partial charge in [0.15, 0.2) is 17.3 Å². The Balaban J connectivity index is 2.01. The van der Waals surface area contributed by atoms with Crippen molar-refractivity contribution in [1.82, 2.24) is 4.98 Å². The van der Waals surface area contributed by atoms with E-state index in [0.717, 1.165) is 11.1 Å². The molecule has 1 aromatic heterocycles. The van der Waals surface area contributed by atoms with E-state index in [-0.39, 0.29) is 11.6 Å². The normalized spacial score (nSPS) is 10.5. The second kappa shape index (κ2) is 6.58. The highest BCUT2D eigenvalue weighted by molar-refractivity contribution is 6.12. The van der Waals surface area contributed by atoms with Crippen LogP contribution in [0, 0.1) is 5.82 Å². The maximum absolute atomic E-state index is 13.0. The number of rotatable bonds is 5. The SMILES string of the molecule is COc1ccc(-c2c[nH]cc2C(=O)c2ccc(F)cc2)cc1OC. The van der Waals surface area contributed by atoms with Gasteiger partial charge in [-0.3, -0.25) is 4.79 Å². The van der Waals surface area contributed by atoms with Crippen LogP contribution in [0.4, 0.5) is 4.39 Å². The van der Waals surface area contributed by atoms with Gasteiger partial charge in [0.1, 0.15) is 5.82 Å². The van der Waals surface area contributed by atoms with Gasteiger partial charge in [-0.2, -0.15) is 0 Å². The minimum absolute atomic E-state index is 0.180. The largest absolute Gasteiger partial charge is 0.493 e. The van der Waals surface area contributed by atoms with E-state index in [4.69, 9.17) is 9.47 Å². The third kappa shape index (κ3) is 2.88. The van der Waals surface area contributed by atoms with E-state index in [2.05, 4.69) is 4.98 Å². The molecular formula is C19H16FNO3. The molecule has 0 atom stereocenters. The smallest absolute Gasteiger partial charge is 0.195 e. The molecule has 0 bridgehead atoms. The molecule has 5 heteroatoms. The van der Waals surface area contributed by atoms with Gasteiger partial charge < -0.3 is 14.5 Å². The Labute approximate surface area is 138 Å². The monoisotopic (exact) mass is 325 g/mol. The molecule has 4 nitrogen and oxygen atoms in total. The highest BCUT2D eigenvalue weighted by Gasteiger charge is 2.17. The zero-order chi connectivity index (χ0) is 17.1. The first-order chi connectivity index (χ1) is 11.6. The first-order valence-corrected chi connectivity index (χ1v) is 7.33. The predicted octanol–water partition coefficient (Wildman–Crippen LogP) is 4.07. The van der Waals surface area contributed by atoms with E-state index >= 15 is 0 Å². The molecule has 0 saturated heterocycles. The van der Waals surface area contributed by atoms with Crippen LogP contribution < -0.4 is 9.47 Å². The standard InChI is InChI=1S/C19H16FNO3/c1-23-17-8-5-13(9-18(17)24-2)15-10-21-11-16(15)19(22)12-3-6-14(20)7-4-12/h3-11,21H,1-2H3. The third-order valence-electron chi connectivity index (χ3n) is 3.79. The predicted molar refractivity (Wildman–Crippen MR) is 89.2 cm³/mol. The molecule has 0 amide bonds. The summed E-state index contributed by atoms with van der Waals surface area (Å²) in [6.07, 6.45) is 3.38. The van der Waals surface area contributed by atoms with Crippen molar-refractivity contribution in [2.45, 2.75) is 0 Å². The number of benzene rings is 2. The molecule has 122 valence electrons. The van der Waals surface area contributed by atoms with Gasteiger partial charge in [0, 0.05) is 29.1 Å². The van der Waals surface area contributed by atoms with Crippen molar-refractivity contribution >= 4 is 5.78 Å². The number of ether oxygens (including phenoxy) is 2. The lowest BCUT2D eigenvalue weighted by molar-refractivity contribution is 0.103. The summed E-state index contributed by atoms with van der Waals surface area (Å²) < 4.78 is 23.6. The number of H-pyrrole nitrogens is 1. The van der Waals surface area contributed by atoms with Crippen LogP contribution in [-0.2, 0) is 0 Å². The maximum atomic E-state index is 13.0. The number of ketones is 1. The number of nitrogens with one attached hydrogen (secondary N) is 1. The molecule has 0 fully saturated rings. The highest BCUT2D eigenvalue weighted by atomic mass is 19.1. The number of halogens is 1. The lowest BCUT2D eigenvalue weighted by Crippen LogP contribution is -2.01. The van der Waals surface area contributed by atoms with Gasteiger partial charge in [-0.25, -0.2) is 4.39 Å². The zero-order valence-corrected chi connectivity index (χ0v) is 13.3. The van der Waals surface area contributed by atoms with Crippen molar-refractivity contribution < 1.29 is 18.7 Å². The average Bonchev–Trinajstić information content (AvgIpc) is 3.10. The van der Waals surface area contributed by atoms with E-state index in [0.29, 0.717) is 22.6 Å². The quantitative estimate of drug-likeness (QED) is 0.720. The van der Waals surface area contributed by atoms with Crippen LogP contribution in [0.1, 0.15) is 15.9 Å². The Hall–Kier alpha value is -3.08. The third-order valence-corrected chi connectivity index (χ3v) is 3.79. The molecule has 3 aromatic rings. The lowest BCUT2D eigenvalue weighted by Gasteiger charge is -2.10. The van der Waals surface area contributed by atoms with Crippen molar-refractivity contribution in [3.8, 4) is 22.6 Å². The molecule has 24 heavy (non-hydrogen) atoms. The first kappa shape index (κ1) is 15.8. The Morgan fingerprint density at radius 1 is 0.958 bits per heavy atom. The fourth-order valence-electron chi connectivity index (χ4n) is 2.55. The maximum Gasteiger partial charge on any atom is 0.195 e. The molecule has 0 radical (unpaired) electrons. The summed E-state index contributed by atoms with van der Waals surface area (Å²) in [7, 11) is 3.13. The Morgan fingerprint density at radius 2 is 1.67 bits per heavy atom. The Kier molecular flexibility index (Phi) is 4.33. The summed E-state index contributed by atoms with van der Waals surface area (Å²) in [4.78, 5) is 15.7. The van der Waals surface area contributed by atoms with Crippen molar-refractivity contribution in [2.75, 3.05) is 14.2 Å². The minimum Gasteiger partial charge on any atom is -0.493 e. The molecule has 1 heterocycles. The van der Waals surface area contributed by atoms with Crippen LogP contribution in [0.15, 0.2) is 54.9 Å². The number of hydrogen-bond acceptors (Lipinski definition) is 3. The molecule has 0 aliphatic rings. The topological polar surface area (TPSA) is 51.3 Å². The van der Waals surface area contributed by atoms with Gasteiger partial charge in [0.25, 0.3) is 0 Å².